The summed E-state index contributed by atoms with van der Waals surface area (Å²) in [4.78, 5) is 5.69. The minimum Gasteiger partial charge on any atom is -0.385 e. The van der Waals surface area contributed by atoms with E-state index in [4.69, 9.17) is 11.5 Å². The highest BCUT2D eigenvalue weighted by molar-refractivity contribution is 5.54. The summed E-state index contributed by atoms with van der Waals surface area (Å²) < 4.78 is 14.7. The van der Waals surface area contributed by atoms with Gasteiger partial charge >= 0.3 is 0 Å². The van der Waals surface area contributed by atoms with E-state index in [0.717, 1.165) is 44.1 Å². The van der Waals surface area contributed by atoms with E-state index in [1.54, 1.807) is 6.08 Å². The number of hydrogen-bond acceptors (Lipinski definition) is 3. The molecule has 25 heavy (non-hydrogen) atoms. The third kappa shape index (κ3) is 3.10. The molecule has 4 nitrogen and oxygen atoms in total. The molecule has 4 unspecified atom stereocenters. The van der Waals surface area contributed by atoms with Gasteiger partial charge in [0.2, 0.25) is 0 Å². The van der Waals surface area contributed by atoms with Crippen molar-refractivity contribution < 1.29 is 4.39 Å². The Morgan fingerprint density at radius 3 is 2.96 bits per heavy atom. The van der Waals surface area contributed by atoms with E-state index in [9.17, 15) is 4.39 Å². The average Bonchev–Trinajstić information content (AvgIpc) is 2.94. The zero-order valence-electron chi connectivity index (χ0n) is 14.9. The number of nitrogens with zero attached hydrogens (tertiary/aromatic N) is 1. The average molecular weight is 344 g/mol. The van der Waals surface area contributed by atoms with Crippen molar-refractivity contribution in [1.82, 2.24) is 9.88 Å². The van der Waals surface area contributed by atoms with E-state index in [1.807, 2.05) is 12.1 Å². The van der Waals surface area contributed by atoms with Gasteiger partial charge in [-0.2, -0.15) is 0 Å². The number of anilines is 1. The molecule has 136 valence electrons. The van der Waals surface area contributed by atoms with Gasteiger partial charge in [-0.1, -0.05) is 25.2 Å². The highest BCUT2D eigenvalue weighted by Crippen LogP contribution is 2.38. The molecule has 0 bridgehead atoms. The third-order valence-electron chi connectivity index (χ3n) is 6.18. The maximum Gasteiger partial charge on any atom is 0.122 e. The Kier molecular flexibility index (Phi) is 4.36. The van der Waals surface area contributed by atoms with Gasteiger partial charge in [0.05, 0.1) is 0 Å². The molecule has 2 aliphatic carbocycles. The number of alkyl halides is 1. The Bertz CT molecular complexity index is 780. The predicted molar refractivity (Wildman–Crippen MR) is 101 cm³/mol. The van der Waals surface area contributed by atoms with Crippen molar-refractivity contribution in [2.75, 3.05) is 18.8 Å². The number of fused-ring (bicyclic) bond motifs is 1. The second-order valence-electron chi connectivity index (χ2n) is 8.04. The first-order valence-corrected chi connectivity index (χ1v) is 9.53. The molecule has 5 heteroatoms. The van der Waals surface area contributed by atoms with E-state index >= 15 is 0 Å². The zero-order chi connectivity index (χ0) is 17.6. The van der Waals surface area contributed by atoms with Gasteiger partial charge in [-0.25, -0.2) is 4.39 Å². The Morgan fingerprint density at radius 2 is 2.20 bits per heavy atom. The Morgan fingerprint density at radius 1 is 1.36 bits per heavy atom. The largest absolute Gasteiger partial charge is 0.385 e. The SMILES string of the molecule is CC1CC=CC(F)C1C1C=c2[nH]c(N)cc2=C(N2CCC[C@H](N)C2)C1. The smallest absolute Gasteiger partial charge is 0.122 e. The highest BCUT2D eigenvalue weighted by Gasteiger charge is 2.36. The van der Waals surface area contributed by atoms with Crippen LogP contribution in [0.5, 0.6) is 0 Å². The van der Waals surface area contributed by atoms with Crippen LogP contribution < -0.4 is 22.0 Å². The predicted octanol–water partition coefficient (Wildman–Crippen LogP) is 1.48. The van der Waals surface area contributed by atoms with Crippen LogP contribution in [0.2, 0.25) is 0 Å². The summed E-state index contributed by atoms with van der Waals surface area (Å²) in [5, 5.41) is 2.23. The van der Waals surface area contributed by atoms with E-state index in [1.165, 1.54) is 10.9 Å². The molecule has 5 atom stereocenters. The number of nitrogens with one attached hydrogen (secondary N) is 1. The van der Waals surface area contributed by atoms with E-state index in [2.05, 4.69) is 22.9 Å². The van der Waals surface area contributed by atoms with Crippen LogP contribution in [0.4, 0.5) is 10.2 Å². The molecule has 3 aliphatic rings. The molecule has 1 fully saturated rings. The normalized spacial score (nSPS) is 35.4. The molecule has 0 spiro atoms. The maximum absolute atomic E-state index is 14.7. The molecule has 4 rings (SSSR count). The second-order valence-corrected chi connectivity index (χ2v) is 8.04. The van der Waals surface area contributed by atoms with E-state index < -0.39 is 6.17 Å². The summed E-state index contributed by atoms with van der Waals surface area (Å²) in [7, 11) is 0. The molecule has 1 saturated heterocycles. The Labute approximate surface area is 148 Å². The lowest BCUT2D eigenvalue weighted by atomic mass is 9.72. The van der Waals surface area contributed by atoms with Gasteiger partial charge < -0.3 is 21.4 Å². The molecule has 0 amide bonds. The number of aromatic nitrogens is 1. The van der Waals surface area contributed by atoms with Crippen molar-refractivity contribution in [3.05, 3.63) is 28.8 Å². The van der Waals surface area contributed by atoms with Gasteiger partial charge in [0.25, 0.3) is 0 Å². The molecule has 0 saturated carbocycles. The van der Waals surface area contributed by atoms with Gasteiger partial charge in [-0.15, -0.1) is 0 Å². The topological polar surface area (TPSA) is 71.1 Å². The minimum absolute atomic E-state index is 0.0242. The molecular weight excluding hydrogens is 315 g/mol. The van der Waals surface area contributed by atoms with Crippen molar-refractivity contribution in [2.45, 2.75) is 44.8 Å². The standard InChI is InChI=1S/C20H29FN4/c1-12-4-2-6-16(21)20(12)13-8-17-15(10-19(23)24-17)18(9-13)25-7-3-5-14(22)11-25/h2,6,8,10,12-14,16,20,24H,3-5,7,9,11,22-23H2,1H3/t12?,13?,14-,16?,20?/m0/s1. The van der Waals surface area contributed by atoms with Gasteiger partial charge in [0, 0.05) is 41.3 Å². The van der Waals surface area contributed by atoms with Crippen LogP contribution in [0.25, 0.3) is 11.8 Å². The lowest BCUT2D eigenvalue weighted by Gasteiger charge is -2.40. The van der Waals surface area contributed by atoms with Crippen LogP contribution in [0, 0.1) is 17.8 Å². The van der Waals surface area contributed by atoms with Crippen molar-refractivity contribution in [3.8, 4) is 0 Å². The van der Waals surface area contributed by atoms with Crippen LogP contribution in [0.3, 0.4) is 0 Å². The van der Waals surface area contributed by atoms with Gasteiger partial charge in [-0.05, 0) is 43.6 Å². The van der Waals surface area contributed by atoms with Crippen molar-refractivity contribution >= 4 is 17.6 Å². The van der Waals surface area contributed by atoms with Crippen molar-refractivity contribution in [2.24, 2.45) is 23.5 Å². The monoisotopic (exact) mass is 344 g/mol. The minimum atomic E-state index is -0.872. The highest BCUT2D eigenvalue weighted by atomic mass is 19.1. The van der Waals surface area contributed by atoms with E-state index in [0.29, 0.717) is 11.7 Å². The number of halogens is 1. The third-order valence-corrected chi connectivity index (χ3v) is 6.18. The number of hydrogen-bond donors (Lipinski definition) is 3. The lowest BCUT2D eigenvalue weighted by Crippen LogP contribution is -2.47. The molecule has 1 aromatic heterocycles. The molecule has 1 aliphatic heterocycles. The second kappa shape index (κ2) is 6.52. The first-order valence-electron chi connectivity index (χ1n) is 9.53. The molecule has 1 aromatic rings. The number of aromatic amines is 1. The fraction of sp³-hybridized carbons (Fsp3) is 0.600. The number of likely N-dealkylation sites (tertiary alicyclic amines) is 1. The number of nitrogens with two attached hydrogens (primary N) is 2. The summed E-state index contributed by atoms with van der Waals surface area (Å²) in [5.41, 5.74) is 13.5. The van der Waals surface area contributed by atoms with Gasteiger partial charge in [0.1, 0.15) is 12.0 Å². The number of rotatable bonds is 2. The van der Waals surface area contributed by atoms with Crippen LogP contribution >= 0.6 is 0 Å². The quantitative estimate of drug-likeness (QED) is 0.712. The fourth-order valence-corrected chi connectivity index (χ4v) is 4.95. The summed E-state index contributed by atoms with van der Waals surface area (Å²) in [5.74, 6) is 1.24. The van der Waals surface area contributed by atoms with Crippen LogP contribution in [-0.4, -0.2) is 35.2 Å². The summed E-state index contributed by atoms with van der Waals surface area (Å²) >= 11 is 0. The molecule has 5 N–H and O–H groups in total. The summed E-state index contributed by atoms with van der Waals surface area (Å²) in [6.45, 7) is 4.08. The van der Waals surface area contributed by atoms with Gasteiger partial charge in [0.15, 0.2) is 0 Å². The molecule has 0 aromatic carbocycles. The lowest BCUT2D eigenvalue weighted by molar-refractivity contribution is 0.159. The first-order chi connectivity index (χ1) is 12.0. The van der Waals surface area contributed by atoms with Gasteiger partial charge in [-0.3, -0.25) is 0 Å². The van der Waals surface area contributed by atoms with Crippen LogP contribution in [-0.2, 0) is 0 Å². The van der Waals surface area contributed by atoms with Crippen LogP contribution in [0.1, 0.15) is 32.6 Å². The first kappa shape index (κ1) is 16.7. The maximum atomic E-state index is 14.7. The number of H-pyrrole nitrogens is 1. The van der Waals surface area contributed by atoms with Crippen molar-refractivity contribution in [3.63, 3.8) is 0 Å². The Hall–Kier alpha value is -1.75. The summed E-state index contributed by atoms with van der Waals surface area (Å²) in [6, 6.07) is 2.24. The number of nitrogen functional groups attached to an aromatic ring is 1. The number of piperidine rings is 1. The number of allylic oxidation sites excluding steroid dienone is 2. The van der Waals surface area contributed by atoms with Crippen molar-refractivity contribution in [1.29, 1.82) is 0 Å². The molecule has 2 heterocycles. The Balaban J connectivity index is 1.73. The molecule has 0 radical (unpaired) electrons. The fourth-order valence-electron chi connectivity index (χ4n) is 4.95. The van der Waals surface area contributed by atoms with E-state index in [-0.39, 0.29) is 17.9 Å². The van der Waals surface area contributed by atoms with Crippen LogP contribution in [0.15, 0.2) is 18.2 Å². The summed E-state index contributed by atoms with van der Waals surface area (Å²) in [6.07, 6.45) is 9.10. The zero-order valence-corrected chi connectivity index (χ0v) is 14.9. The molecular formula is C20H29FN4.